The molecule has 0 fully saturated rings. The van der Waals surface area contributed by atoms with Gasteiger partial charge in [-0.1, -0.05) is 99.6 Å². The Morgan fingerprint density at radius 2 is 1.55 bits per heavy atom. The van der Waals surface area contributed by atoms with Crippen molar-refractivity contribution in [1.29, 1.82) is 0 Å². The number of nitrogens with zero attached hydrogens (tertiary/aromatic N) is 7. The highest BCUT2D eigenvalue weighted by molar-refractivity contribution is 5.80. The number of aryl methyl sites for hydroxylation is 1. The Morgan fingerprint density at radius 3 is 2.20 bits per heavy atom. The Bertz CT molecular complexity index is 2000. The van der Waals surface area contributed by atoms with Gasteiger partial charge in [-0.25, -0.2) is 14.9 Å². The Balaban J connectivity index is 1.47. The third kappa shape index (κ3) is 5.39. The minimum absolute atomic E-state index is 0.118. The number of hydrogen-bond acceptors (Lipinski definition) is 6. The van der Waals surface area contributed by atoms with E-state index in [-0.39, 0.29) is 23.2 Å². The first kappa shape index (κ1) is 29.0. The zero-order valence-corrected chi connectivity index (χ0v) is 25.4. The van der Waals surface area contributed by atoms with Gasteiger partial charge in [-0.05, 0) is 51.9 Å². The van der Waals surface area contributed by atoms with E-state index in [1.54, 1.807) is 4.57 Å². The molecule has 1 atom stereocenters. The van der Waals surface area contributed by atoms with E-state index in [0.29, 0.717) is 36.5 Å². The number of aromatic nitrogens is 8. The van der Waals surface area contributed by atoms with Gasteiger partial charge in [-0.2, -0.15) is 0 Å². The molecule has 0 amide bonds. The van der Waals surface area contributed by atoms with Crippen LogP contribution in [-0.2, 0) is 19.5 Å². The fourth-order valence-electron chi connectivity index (χ4n) is 5.83. The zero-order valence-electron chi connectivity index (χ0n) is 25.4. The average Bonchev–Trinajstić information content (AvgIpc) is 3.69. The van der Waals surface area contributed by atoms with Crippen LogP contribution in [0.5, 0.6) is 0 Å². The number of fused-ring (bicyclic) bond motifs is 1. The van der Waals surface area contributed by atoms with Crippen molar-refractivity contribution in [2.75, 3.05) is 0 Å². The lowest BCUT2D eigenvalue weighted by molar-refractivity contribution is 0.467. The molecule has 0 radical (unpaired) electrons. The second kappa shape index (κ2) is 12.2. The Morgan fingerprint density at radius 1 is 0.841 bits per heavy atom. The van der Waals surface area contributed by atoms with Crippen LogP contribution in [0.1, 0.15) is 57.1 Å². The van der Waals surface area contributed by atoms with Crippen molar-refractivity contribution in [3.05, 3.63) is 117 Å². The van der Waals surface area contributed by atoms with E-state index in [1.165, 1.54) is 4.57 Å². The largest absolute Gasteiger partial charge is 0.333 e. The number of tetrazole rings is 1. The van der Waals surface area contributed by atoms with E-state index in [1.807, 2.05) is 79.9 Å². The third-order valence-corrected chi connectivity index (χ3v) is 7.96. The van der Waals surface area contributed by atoms with Crippen LogP contribution in [0.4, 0.5) is 0 Å². The lowest BCUT2D eigenvalue weighted by Gasteiger charge is -2.19. The highest BCUT2D eigenvalue weighted by atomic mass is 16.2. The normalized spacial score (nSPS) is 12.3. The molecule has 1 N–H and O–H groups in total. The number of imidazole rings is 1. The molecule has 10 nitrogen and oxygen atoms in total. The number of rotatable bonds is 10. The topological polar surface area (TPSA) is 116 Å². The van der Waals surface area contributed by atoms with Crippen molar-refractivity contribution in [1.82, 2.24) is 39.3 Å². The van der Waals surface area contributed by atoms with Crippen LogP contribution in [0, 0.1) is 5.92 Å². The molecule has 0 saturated heterocycles. The van der Waals surface area contributed by atoms with Crippen LogP contribution in [0.2, 0.25) is 0 Å². The highest BCUT2D eigenvalue weighted by Crippen LogP contribution is 2.30. The maximum Gasteiger partial charge on any atom is 0.333 e. The molecular formula is C34H36N8O2. The zero-order chi connectivity index (χ0) is 30.8. The first-order valence-electron chi connectivity index (χ1n) is 15.1. The van der Waals surface area contributed by atoms with E-state index < -0.39 is 0 Å². The summed E-state index contributed by atoms with van der Waals surface area (Å²) in [5.41, 5.74) is 5.22. The minimum atomic E-state index is -0.328. The van der Waals surface area contributed by atoms with Crippen LogP contribution >= 0.6 is 0 Å². The summed E-state index contributed by atoms with van der Waals surface area (Å²) in [5, 5.41) is 14.4. The van der Waals surface area contributed by atoms with Crippen molar-refractivity contribution in [3.8, 4) is 22.5 Å². The lowest BCUT2D eigenvalue weighted by atomic mass is 9.98. The molecule has 3 aromatic carbocycles. The molecule has 6 rings (SSSR count). The molecule has 3 aromatic heterocycles. The number of nitrogens with one attached hydrogen (secondary N) is 1. The molecule has 3 heterocycles. The molecule has 10 heteroatoms. The summed E-state index contributed by atoms with van der Waals surface area (Å²) < 4.78 is 5.09. The maximum absolute atomic E-state index is 14.1. The molecule has 0 aliphatic rings. The fraction of sp³-hybridized carbons (Fsp3) is 0.294. The van der Waals surface area contributed by atoms with E-state index >= 15 is 0 Å². The molecule has 1 unspecified atom stereocenters. The quantitative estimate of drug-likeness (QED) is 0.227. The van der Waals surface area contributed by atoms with Gasteiger partial charge in [0.1, 0.15) is 5.82 Å². The number of benzene rings is 3. The molecule has 44 heavy (non-hydrogen) atoms. The van der Waals surface area contributed by atoms with E-state index in [0.717, 1.165) is 40.1 Å². The predicted molar refractivity (Wildman–Crippen MR) is 171 cm³/mol. The summed E-state index contributed by atoms with van der Waals surface area (Å²) >= 11 is 0. The van der Waals surface area contributed by atoms with Crippen molar-refractivity contribution in [3.63, 3.8) is 0 Å². The predicted octanol–water partition coefficient (Wildman–Crippen LogP) is 5.47. The summed E-state index contributed by atoms with van der Waals surface area (Å²) in [6, 6.07) is 25.8. The second-order valence-electron chi connectivity index (χ2n) is 11.6. The van der Waals surface area contributed by atoms with Gasteiger partial charge in [0.2, 0.25) is 0 Å². The molecular weight excluding hydrogens is 552 g/mol. The summed E-state index contributed by atoms with van der Waals surface area (Å²) in [4.78, 5) is 33.0. The SMILES string of the molecule is CCCc1nc2c(c(=O)n(CC(C)C)c(=O)n2C(C)c2ccccc2)n1Cc1ccc(-c2ccccc2-c2nnn[nH]2)cc1. The molecule has 0 bridgehead atoms. The van der Waals surface area contributed by atoms with Gasteiger partial charge in [0.05, 0.1) is 6.04 Å². The Hall–Kier alpha value is -5.12. The summed E-state index contributed by atoms with van der Waals surface area (Å²) in [5.74, 6) is 1.52. The van der Waals surface area contributed by atoms with Gasteiger partial charge in [-0.3, -0.25) is 13.9 Å². The van der Waals surface area contributed by atoms with Crippen molar-refractivity contribution >= 4 is 11.2 Å². The minimum Gasteiger partial charge on any atom is -0.318 e. The molecule has 0 saturated carbocycles. The van der Waals surface area contributed by atoms with E-state index in [2.05, 4.69) is 51.8 Å². The Kier molecular flexibility index (Phi) is 8.06. The van der Waals surface area contributed by atoms with Crippen molar-refractivity contribution < 1.29 is 0 Å². The second-order valence-corrected chi connectivity index (χ2v) is 11.6. The van der Waals surface area contributed by atoms with Crippen LogP contribution in [0.3, 0.4) is 0 Å². The van der Waals surface area contributed by atoms with Gasteiger partial charge >= 0.3 is 5.69 Å². The van der Waals surface area contributed by atoms with Gasteiger partial charge in [0, 0.05) is 25.1 Å². The van der Waals surface area contributed by atoms with Crippen LogP contribution in [0.25, 0.3) is 33.7 Å². The lowest BCUT2D eigenvalue weighted by Crippen LogP contribution is -2.42. The number of aromatic amines is 1. The maximum atomic E-state index is 14.1. The fourth-order valence-corrected chi connectivity index (χ4v) is 5.83. The van der Waals surface area contributed by atoms with Gasteiger partial charge in [0.15, 0.2) is 17.0 Å². The standard InChI is InChI=1S/C34H36N8O2/c1-5-11-29-35-32-30(33(43)41(20-22(2)3)34(44)42(32)23(4)25-12-7-6-8-13-25)40(29)21-24-16-18-26(19-17-24)27-14-9-10-15-28(27)31-36-38-39-37-31/h6-10,12-19,22-23H,5,11,20-21H2,1-4H3,(H,36,37,38,39). The molecule has 0 spiro atoms. The molecule has 6 aromatic rings. The van der Waals surface area contributed by atoms with Crippen LogP contribution in [0.15, 0.2) is 88.5 Å². The number of H-pyrrole nitrogens is 1. The van der Waals surface area contributed by atoms with Crippen molar-refractivity contribution in [2.24, 2.45) is 5.92 Å². The van der Waals surface area contributed by atoms with E-state index in [9.17, 15) is 9.59 Å². The van der Waals surface area contributed by atoms with Crippen molar-refractivity contribution in [2.45, 2.75) is 59.7 Å². The average molecular weight is 589 g/mol. The number of hydrogen-bond donors (Lipinski definition) is 1. The monoisotopic (exact) mass is 588 g/mol. The first-order chi connectivity index (χ1) is 21.4. The first-order valence-corrected chi connectivity index (χ1v) is 15.1. The van der Waals surface area contributed by atoms with Gasteiger partial charge < -0.3 is 4.57 Å². The highest BCUT2D eigenvalue weighted by Gasteiger charge is 2.25. The molecule has 0 aliphatic carbocycles. The summed E-state index contributed by atoms with van der Waals surface area (Å²) in [7, 11) is 0. The molecule has 0 aliphatic heterocycles. The van der Waals surface area contributed by atoms with Crippen LogP contribution in [-0.4, -0.2) is 39.3 Å². The summed E-state index contributed by atoms with van der Waals surface area (Å²) in [6.45, 7) is 8.90. The Labute approximate surface area is 255 Å². The van der Waals surface area contributed by atoms with Gasteiger partial charge in [0.25, 0.3) is 5.56 Å². The third-order valence-electron chi connectivity index (χ3n) is 7.96. The van der Waals surface area contributed by atoms with Crippen LogP contribution < -0.4 is 11.2 Å². The van der Waals surface area contributed by atoms with E-state index in [4.69, 9.17) is 4.98 Å². The smallest absolute Gasteiger partial charge is 0.318 e. The van der Waals surface area contributed by atoms with Gasteiger partial charge in [-0.15, -0.1) is 5.10 Å². The summed E-state index contributed by atoms with van der Waals surface area (Å²) in [6.07, 6.45) is 1.54. The molecule has 224 valence electrons.